The summed E-state index contributed by atoms with van der Waals surface area (Å²) >= 11 is 0. The fourth-order valence-corrected chi connectivity index (χ4v) is 2.23. The van der Waals surface area contributed by atoms with Crippen LogP contribution in [-0.2, 0) is 9.59 Å². The van der Waals surface area contributed by atoms with Gasteiger partial charge in [0.25, 0.3) is 0 Å². The van der Waals surface area contributed by atoms with Crippen LogP contribution < -0.4 is 11.5 Å². The topological polar surface area (TPSA) is 89.4 Å². The number of hydrogen-bond donors (Lipinski definition) is 2. The number of unbranched alkanes of at least 4 members (excludes halogenated alkanes) is 1. The predicted molar refractivity (Wildman–Crippen MR) is 66.0 cm³/mol. The number of hydrogen-bond acceptors (Lipinski definition) is 3. The molecule has 1 rings (SSSR count). The van der Waals surface area contributed by atoms with E-state index in [2.05, 4.69) is 6.92 Å². The third-order valence-electron chi connectivity index (χ3n) is 3.57. The van der Waals surface area contributed by atoms with Crippen molar-refractivity contribution in [3.63, 3.8) is 0 Å². The van der Waals surface area contributed by atoms with Crippen LogP contribution in [0.1, 0.15) is 39.0 Å². The van der Waals surface area contributed by atoms with Crippen molar-refractivity contribution in [1.82, 2.24) is 4.90 Å². The number of carbonyl (C=O) groups excluding carboxylic acids is 2. The Balaban J connectivity index is 2.67. The molecule has 0 spiro atoms. The fraction of sp³-hybridized carbons (Fsp3) is 0.833. The number of rotatable bonds is 7. The average molecular weight is 241 g/mol. The van der Waals surface area contributed by atoms with E-state index in [1.165, 1.54) is 0 Å². The highest BCUT2D eigenvalue weighted by molar-refractivity contribution is 5.88. The van der Waals surface area contributed by atoms with Crippen molar-refractivity contribution in [2.45, 2.75) is 39.0 Å². The second-order valence-corrected chi connectivity index (χ2v) is 4.88. The molecule has 0 saturated heterocycles. The van der Waals surface area contributed by atoms with Crippen LogP contribution >= 0.6 is 0 Å². The molecule has 0 aliphatic heterocycles. The molecule has 98 valence electrons. The van der Waals surface area contributed by atoms with Crippen molar-refractivity contribution in [1.29, 1.82) is 0 Å². The maximum absolute atomic E-state index is 12.4. The van der Waals surface area contributed by atoms with Gasteiger partial charge in [0, 0.05) is 13.1 Å². The third kappa shape index (κ3) is 3.19. The molecule has 1 fully saturated rings. The standard InChI is InChI=1S/C12H23N3O2/c1-2-3-7-15(8-10(14)16)11(17)12(9-13)5-4-6-12/h2-9,13H2,1H3,(H2,14,16). The SMILES string of the molecule is CCCCN(CC(N)=O)C(=O)C1(CN)CCC1. The summed E-state index contributed by atoms with van der Waals surface area (Å²) < 4.78 is 0. The van der Waals surface area contributed by atoms with Gasteiger partial charge in [0.15, 0.2) is 0 Å². The molecule has 0 aromatic heterocycles. The number of primary amides is 1. The van der Waals surface area contributed by atoms with E-state index in [1.807, 2.05) is 0 Å². The minimum absolute atomic E-state index is 0.0125. The van der Waals surface area contributed by atoms with E-state index >= 15 is 0 Å². The molecular weight excluding hydrogens is 218 g/mol. The van der Waals surface area contributed by atoms with E-state index in [4.69, 9.17) is 11.5 Å². The summed E-state index contributed by atoms with van der Waals surface area (Å²) in [6.45, 7) is 3.03. The van der Waals surface area contributed by atoms with E-state index in [1.54, 1.807) is 4.90 Å². The zero-order valence-corrected chi connectivity index (χ0v) is 10.6. The van der Waals surface area contributed by atoms with Gasteiger partial charge in [-0.3, -0.25) is 9.59 Å². The lowest BCUT2D eigenvalue weighted by molar-refractivity contribution is -0.148. The summed E-state index contributed by atoms with van der Waals surface area (Å²) in [5.74, 6) is -0.445. The van der Waals surface area contributed by atoms with Gasteiger partial charge >= 0.3 is 0 Å². The van der Waals surface area contributed by atoms with Crippen molar-refractivity contribution in [3.8, 4) is 0 Å². The van der Waals surface area contributed by atoms with Crippen LogP contribution in [0.25, 0.3) is 0 Å². The van der Waals surface area contributed by atoms with Gasteiger partial charge < -0.3 is 16.4 Å². The van der Waals surface area contributed by atoms with Crippen LogP contribution in [0.5, 0.6) is 0 Å². The summed E-state index contributed by atoms with van der Waals surface area (Å²) in [4.78, 5) is 24.9. The molecule has 5 nitrogen and oxygen atoms in total. The van der Waals surface area contributed by atoms with E-state index < -0.39 is 11.3 Å². The van der Waals surface area contributed by atoms with Gasteiger partial charge in [0.2, 0.25) is 11.8 Å². The first-order valence-electron chi connectivity index (χ1n) is 6.33. The zero-order chi connectivity index (χ0) is 12.9. The summed E-state index contributed by atoms with van der Waals surface area (Å²) in [5, 5.41) is 0. The maximum Gasteiger partial charge on any atom is 0.237 e. The molecule has 0 atom stereocenters. The van der Waals surface area contributed by atoms with E-state index in [0.717, 1.165) is 32.1 Å². The van der Waals surface area contributed by atoms with Crippen LogP contribution in [0, 0.1) is 5.41 Å². The lowest BCUT2D eigenvalue weighted by Gasteiger charge is -2.42. The van der Waals surface area contributed by atoms with Crippen molar-refractivity contribution >= 4 is 11.8 Å². The van der Waals surface area contributed by atoms with Gasteiger partial charge in [-0.2, -0.15) is 0 Å². The average Bonchev–Trinajstić information content (AvgIpc) is 2.22. The molecular formula is C12H23N3O2. The second-order valence-electron chi connectivity index (χ2n) is 4.88. The van der Waals surface area contributed by atoms with Crippen LogP contribution in [0.2, 0.25) is 0 Å². The Labute approximate surface area is 103 Å². The van der Waals surface area contributed by atoms with Gasteiger partial charge in [-0.1, -0.05) is 19.8 Å². The molecule has 5 heteroatoms. The molecule has 1 saturated carbocycles. The third-order valence-corrected chi connectivity index (χ3v) is 3.57. The van der Waals surface area contributed by atoms with Gasteiger partial charge in [-0.25, -0.2) is 0 Å². The Hall–Kier alpha value is -1.10. The molecule has 1 aliphatic rings. The maximum atomic E-state index is 12.4. The molecule has 0 radical (unpaired) electrons. The first-order valence-corrected chi connectivity index (χ1v) is 6.33. The molecule has 17 heavy (non-hydrogen) atoms. The van der Waals surface area contributed by atoms with E-state index in [0.29, 0.717) is 13.1 Å². The van der Waals surface area contributed by atoms with E-state index in [-0.39, 0.29) is 12.5 Å². The lowest BCUT2D eigenvalue weighted by Crippen LogP contribution is -2.53. The van der Waals surface area contributed by atoms with Gasteiger partial charge in [0.1, 0.15) is 0 Å². The van der Waals surface area contributed by atoms with Gasteiger partial charge in [0.05, 0.1) is 12.0 Å². The monoisotopic (exact) mass is 241 g/mol. The number of carbonyl (C=O) groups is 2. The number of nitrogens with two attached hydrogens (primary N) is 2. The Morgan fingerprint density at radius 3 is 2.35 bits per heavy atom. The molecule has 4 N–H and O–H groups in total. The first kappa shape index (κ1) is 14.0. The lowest BCUT2D eigenvalue weighted by atomic mass is 9.68. The molecule has 2 amide bonds. The first-order chi connectivity index (χ1) is 8.05. The minimum atomic E-state index is -0.457. The Morgan fingerprint density at radius 2 is 2.00 bits per heavy atom. The number of nitrogens with zero attached hydrogens (tertiary/aromatic N) is 1. The molecule has 0 bridgehead atoms. The highest BCUT2D eigenvalue weighted by Gasteiger charge is 2.45. The molecule has 0 unspecified atom stereocenters. The van der Waals surface area contributed by atoms with Crippen molar-refractivity contribution in [2.24, 2.45) is 16.9 Å². The summed E-state index contributed by atoms with van der Waals surface area (Å²) in [6.07, 6.45) is 4.59. The second kappa shape index (κ2) is 6.00. The molecule has 0 aromatic rings. The highest BCUT2D eigenvalue weighted by atomic mass is 16.2. The normalized spacial score (nSPS) is 17.3. The summed E-state index contributed by atoms with van der Waals surface area (Å²) in [7, 11) is 0. The molecule has 1 aliphatic carbocycles. The summed E-state index contributed by atoms with van der Waals surface area (Å²) in [6, 6.07) is 0. The van der Waals surface area contributed by atoms with Gasteiger partial charge in [-0.15, -0.1) is 0 Å². The van der Waals surface area contributed by atoms with Gasteiger partial charge in [-0.05, 0) is 19.3 Å². The minimum Gasteiger partial charge on any atom is -0.368 e. The highest BCUT2D eigenvalue weighted by Crippen LogP contribution is 2.41. The van der Waals surface area contributed by atoms with Crippen molar-refractivity contribution in [3.05, 3.63) is 0 Å². The largest absolute Gasteiger partial charge is 0.368 e. The van der Waals surface area contributed by atoms with Crippen LogP contribution in [-0.4, -0.2) is 36.3 Å². The molecule has 0 aromatic carbocycles. The Bertz CT molecular complexity index is 282. The number of amides is 2. The van der Waals surface area contributed by atoms with Crippen LogP contribution in [0.15, 0.2) is 0 Å². The summed E-state index contributed by atoms with van der Waals surface area (Å²) in [5.41, 5.74) is 10.5. The van der Waals surface area contributed by atoms with Crippen LogP contribution in [0.4, 0.5) is 0 Å². The zero-order valence-electron chi connectivity index (χ0n) is 10.6. The van der Waals surface area contributed by atoms with Crippen molar-refractivity contribution < 1.29 is 9.59 Å². The van der Waals surface area contributed by atoms with Crippen molar-refractivity contribution in [2.75, 3.05) is 19.6 Å². The predicted octanol–water partition coefficient (Wildman–Crippen LogP) is 0.229. The van der Waals surface area contributed by atoms with Crippen LogP contribution in [0.3, 0.4) is 0 Å². The fourth-order valence-electron chi connectivity index (χ4n) is 2.23. The quantitative estimate of drug-likeness (QED) is 0.668. The molecule has 0 heterocycles. The smallest absolute Gasteiger partial charge is 0.237 e. The Kier molecular flexibility index (Phi) is 4.93. The van der Waals surface area contributed by atoms with E-state index in [9.17, 15) is 9.59 Å². The Morgan fingerprint density at radius 1 is 1.35 bits per heavy atom.